The van der Waals surface area contributed by atoms with Crippen molar-refractivity contribution in [2.24, 2.45) is 0 Å². The average Bonchev–Trinajstić information content (AvgIpc) is 3.09. The highest BCUT2D eigenvalue weighted by molar-refractivity contribution is 5.68. The molecule has 128 valence electrons. The van der Waals surface area contributed by atoms with Crippen molar-refractivity contribution in [2.45, 2.75) is 45.6 Å². The molecule has 0 spiro atoms. The smallest absolute Gasteiger partial charge is 0.149 e. The minimum Gasteiger partial charge on any atom is -0.367 e. The number of nitrogens with zero attached hydrogens (tertiary/aromatic N) is 3. The fourth-order valence-corrected chi connectivity index (χ4v) is 3.56. The SMILES string of the molecule is CCCc1nnc(NCC2CCCN2CC)cc1-c1ccccc1. The van der Waals surface area contributed by atoms with Gasteiger partial charge in [-0.05, 0) is 44.0 Å². The third kappa shape index (κ3) is 3.93. The van der Waals surface area contributed by atoms with Crippen LogP contribution in [-0.4, -0.2) is 40.8 Å². The van der Waals surface area contributed by atoms with Crippen molar-refractivity contribution in [1.29, 1.82) is 0 Å². The highest BCUT2D eigenvalue weighted by Crippen LogP contribution is 2.25. The van der Waals surface area contributed by atoms with Gasteiger partial charge in [0.2, 0.25) is 0 Å². The van der Waals surface area contributed by atoms with E-state index in [1.807, 2.05) is 0 Å². The summed E-state index contributed by atoms with van der Waals surface area (Å²) in [5.41, 5.74) is 3.51. The summed E-state index contributed by atoms with van der Waals surface area (Å²) in [4.78, 5) is 2.55. The molecule has 1 fully saturated rings. The van der Waals surface area contributed by atoms with E-state index in [-0.39, 0.29) is 0 Å². The standard InChI is InChI=1S/C20H28N4/c1-3-9-19-18(16-10-6-5-7-11-16)14-20(23-22-19)21-15-17-12-8-13-24(17)4-2/h5-7,10-11,14,17H,3-4,8-9,12-13,15H2,1-2H3,(H,21,23). The van der Waals surface area contributed by atoms with Crippen LogP contribution in [0.3, 0.4) is 0 Å². The number of benzene rings is 1. The van der Waals surface area contributed by atoms with E-state index in [1.165, 1.54) is 30.5 Å². The number of hydrogen-bond acceptors (Lipinski definition) is 4. The Balaban J connectivity index is 1.77. The molecule has 0 radical (unpaired) electrons. The van der Waals surface area contributed by atoms with Gasteiger partial charge in [0, 0.05) is 18.2 Å². The summed E-state index contributed by atoms with van der Waals surface area (Å²) < 4.78 is 0. The molecule has 2 heterocycles. The van der Waals surface area contributed by atoms with E-state index in [4.69, 9.17) is 0 Å². The first kappa shape index (κ1) is 16.9. The monoisotopic (exact) mass is 324 g/mol. The van der Waals surface area contributed by atoms with Crippen LogP contribution in [0.25, 0.3) is 11.1 Å². The van der Waals surface area contributed by atoms with E-state index in [9.17, 15) is 0 Å². The molecule has 3 rings (SSSR count). The van der Waals surface area contributed by atoms with Gasteiger partial charge in [0.1, 0.15) is 5.82 Å². The maximum atomic E-state index is 4.50. The number of likely N-dealkylation sites (tertiary alicyclic amines) is 1. The third-order valence-electron chi connectivity index (χ3n) is 4.87. The molecule has 4 nitrogen and oxygen atoms in total. The van der Waals surface area contributed by atoms with E-state index in [1.54, 1.807) is 0 Å². The highest BCUT2D eigenvalue weighted by atomic mass is 15.2. The Labute approximate surface area is 145 Å². The first-order chi connectivity index (χ1) is 11.8. The first-order valence-electron chi connectivity index (χ1n) is 9.21. The quantitative estimate of drug-likeness (QED) is 0.836. The summed E-state index contributed by atoms with van der Waals surface area (Å²) >= 11 is 0. The Morgan fingerprint density at radius 1 is 1.17 bits per heavy atom. The zero-order valence-corrected chi connectivity index (χ0v) is 14.8. The van der Waals surface area contributed by atoms with Crippen LogP contribution in [0, 0.1) is 0 Å². The number of likely N-dealkylation sites (N-methyl/N-ethyl adjacent to an activating group) is 1. The second kappa shape index (κ2) is 8.25. The second-order valence-electron chi connectivity index (χ2n) is 6.51. The Morgan fingerprint density at radius 3 is 2.75 bits per heavy atom. The van der Waals surface area contributed by atoms with Crippen molar-refractivity contribution in [1.82, 2.24) is 15.1 Å². The zero-order chi connectivity index (χ0) is 16.8. The van der Waals surface area contributed by atoms with Crippen LogP contribution in [0.15, 0.2) is 36.4 Å². The van der Waals surface area contributed by atoms with Crippen LogP contribution in [0.5, 0.6) is 0 Å². The molecule has 1 aliphatic heterocycles. The maximum absolute atomic E-state index is 4.50. The molecule has 1 aliphatic rings. The van der Waals surface area contributed by atoms with Crippen LogP contribution in [-0.2, 0) is 6.42 Å². The van der Waals surface area contributed by atoms with E-state index in [0.29, 0.717) is 6.04 Å². The van der Waals surface area contributed by atoms with Gasteiger partial charge >= 0.3 is 0 Å². The topological polar surface area (TPSA) is 41.1 Å². The third-order valence-corrected chi connectivity index (χ3v) is 4.87. The molecular weight excluding hydrogens is 296 g/mol. The molecule has 1 N–H and O–H groups in total. The van der Waals surface area contributed by atoms with Crippen molar-refractivity contribution < 1.29 is 0 Å². The van der Waals surface area contributed by atoms with Crippen LogP contribution in [0.4, 0.5) is 5.82 Å². The fraction of sp³-hybridized carbons (Fsp3) is 0.500. The molecule has 1 saturated heterocycles. The molecule has 0 amide bonds. The minimum atomic E-state index is 0.618. The number of anilines is 1. The molecule has 24 heavy (non-hydrogen) atoms. The van der Waals surface area contributed by atoms with Crippen LogP contribution in [0.2, 0.25) is 0 Å². The molecule has 4 heteroatoms. The molecular formula is C20H28N4. The van der Waals surface area contributed by atoms with E-state index in [0.717, 1.165) is 37.4 Å². The molecule has 1 unspecified atom stereocenters. The number of nitrogens with one attached hydrogen (secondary N) is 1. The summed E-state index contributed by atoms with van der Waals surface area (Å²) in [5, 5.41) is 12.4. The Hall–Kier alpha value is -1.94. The Morgan fingerprint density at radius 2 is 2.00 bits per heavy atom. The molecule has 1 atom stereocenters. The lowest BCUT2D eigenvalue weighted by atomic mass is 10.0. The fourth-order valence-electron chi connectivity index (χ4n) is 3.56. The van der Waals surface area contributed by atoms with Gasteiger partial charge < -0.3 is 5.32 Å². The average molecular weight is 324 g/mol. The van der Waals surface area contributed by atoms with Crippen LogP contribution in [0.1, 0.15) is 38.8 Å². The van der Waals surface area contributed by atoms with Crippen molar-refractivity contribution in [3.63, 3.8) is 0 Å². The summed E-state index contributed by atoms with van der Waals surface area (Å²) in [6.45, 7) is 7.72. The lowest BCUT2D eigenvalue weighted by Gasteiger charge is -2.23. The number of aryl methyl sites for hydroxylation is 1. The predicted molar refractivity (Wildman–Crippen MR) is 100 cm³/mol. The van der Waals surface area contributed by atoms with Crippen molar-refractivity contribution in [3.8, 4) is 11.1 Å². The van der Waals surface area contributed by atoms with Gasteiger partial charge in [-0.3, -0.25) is 4.90 Å². The van der Waals surface area contributed by atoms with Gasteiger partial charge in [-0.1, -0.05) is 50.6 Å². The molecule has 0 aliphatic carbocycles. The van der Waals surface area contributed by atoms with Gasteiger partial charge in [0.05, 0.1) is 5.69 Å². The molecule has 0 saturated carbocycles. The number of aromatic nitrogens is 2. The minimum absolute atomic E-state index is 0.618. The summed E-state index contributed by atoms with van der Waals surface area (Å²) in [6, 6.07) is 13.3. The summed E-state index contributed by atoms with van der Waals surface area (Å²) in [7, 11) is 0. The van der Waals surface area contributed by atoms with Gasteiger partial charge in [0.15, 0.2) is 0 Å². The predicted octanol–water partition coefficient (Wildman–Crippen LogP) is 3.99. The summed E-state index contributed by atoms with van der Waals surface area (Å²) in [6.07, 6.45) is 4.61. The lowest BCUT2D eigenvalue weighted by molar-refractivity contribution is 0.277. The van der Waals surface area contributed by atoms with Crippen molar-refractivity contribution in [3.05, 3.63) is 42.1 Å². The lowest BCUT2D eigenvalue weighted by Crippen LogP contribution is -2.34. The number of rotatable bonds is 7. The van der Waals surface area contributed by atoms with Gasteiger partial charge in [-0.2, -0.15) is 5.10 Å². The number of hydrogen-bond donors (Lipinski definition) is 1. The largest absolute Gasteiger partial charge is 0.367 e. The maximum Gasteiger partial charge on any atom is 0.149 e. The van der Waals surface area contributed by atoms with Crippen LogP contribution < -0.4 is 5.32 Å². The zero-order valence-electron chi connectivity index (χ0n) is 14.8. The normalized spacial score (nSPS) is 18.0. The summed E-state index contributed by atoms with van der Waals surface area (Å²) in [5.74, 6) is 0.886. The molecule has 1 aromatic heterocycles. The second-order valence-corrected chi connectivity index (χ2v) is 6.51. The van der Waals surface area contributed by atoms with Gasteiger partial charge in [-0.15, -0.1) is 5.10 Å². The Kier molecular flexibility index (Phi) is 5.81. The Bertz CT molecular complexity index is 641. The molecule has 0 bridgehead atoms. The van der Waals surface area contributed by atoms with Crippen molar-refractivity contribution in [2.75, 3.05) is 25.0 Å². The van der Waals surface area contributed by atoms with Crippen LogP contribution >= 0.6 is 0 Å². The van der Waals surface area contributed by atoms with Gasteiger partial charge in [0.25, 0.3) is 0 Å². The molecule has 1 aromatic carbocycles. The van der Waals surface area contributed by atoms with E-state index < -0.39 is 0 Å². The van der Waals surface area contributed by atoms with Gasteiger partial charge in [-0.25, -0.2) is 0 Å². The highest BCUT2D eigenvalue weighted by Gasteiger charge is 2.22. The van der Waals surface area contributed by atoms with E-state index in [2.05, 4.69) is 70.7 Å². The van der Waals surface area contributed by atoms with E-state index >= 15 is 0 Å². The molecule has 2 aromatic rings. The van der Waals surface area contributed by atoms with Crippen molar-refractivity contribution >= 4 is 5.82 Å². The first-order valence-corrected chi connectivity index (χ1v) is 9.21.